The molecule has 0 aliphatic carbocycles. The lowest BCUT2D eigenvalue weighted by atomic mass is 10.1. The first-order chi connectivity index (χ1) is 7.22. The zero-order valence-corrected chi connectivity index (χ0v) is 9.71. The minimum atomic E-state index is 0.124. The smallest absolute Gasteiger partial charge is 0.221 e. The first kappa shape index (κ1) is 12.5. The molecule has 1 aliphatic rings. The van der Waals surface area contributed by atoms with Crippen LogP contribution in [0.5, 0.6) is 0 Å². The Morgan fingerprint density at radius 2 is 2.40 bits per heavy atom. The van der Waals surface area contributed by atoms with Crippen LogP contribution < -0.4 is 10.6 Å². The Kier molecular flexibility index (Phi) is 5.65. The van der Waals surface area contributed by atoms with Gasteiger partial charge in [0, 0.05) is 19.1 Å². The molecule has 1 saturated heterocycles. The highest BCUT2D eigenvalue weighted by atomic mass is 16.5. The first-order valence-electron chi connectivity index (χ1n) is 5.83. The number of hydrogen-bond acceptors (Lipinski definition) is 3. The Balaban J connectivity index is 2.16. The van der Waals surface area contributed by atoms with Crippen molar-refractivity contribution in [2.45, 2.75) is 45.2 Å². The number of nitrogens with one attached hydrogen (secondary N) is 2. The van der Waals surface area contributed by atoms with Crippen LogP contribution in [0.1, 0.15) is 33.1 Å². The van der Waals surface area contributed by atoms with Crippen molar-refractivity contribution in [3.05, 3.63) is 0 Å². The van der Waals surface area contributed by atoms with Crippen LogP contribution >= 0.6 is 0 Å². The van der Waals surface area contributed by atoms with Crippen LogP contribution in [0.4, 0.5) is 0 Å². The van der Waals surface area contributed by atoms with E-state index in [2.05, 4.69) is 10.6 Å². The summed E-state index contributed by atoms with van der Waals surface area (Å²) < 4.78 is 5.31. The van der Waals surface area contributed by atoms with Gasteiger partial charge in [0.15, 0.2) is 0 Å². The highest BCUT2D eigenvalue weighted by Gasteiger charge is 2.17. The fraction of sp³-hybridized carbons (Fsp3) is 0.909. The van der Waals surface area contributed by atoms with E-state index in [0.717, 1.165) is 26.0 Å². The van der Waals surface area contributed by atoms with Gasteiger partial charge in [0.25, 0.3) is 0 Å². The van der Waals surface area contributed by atoms with E-state index in [9.17, 15) is 4.79 Å². The summed E-state index contributed by atoms with van der Waals surface area (Å²) >= 11 is 0. The van der Waals surface area contributed by atoms with Crippen molar-refractivity contribution in [1.29, 1.82) is 0 Å². The topological polar surface area (TPSA) is 50.4 Å². The number of carbonyl (C=O) groups is 1. The van der Waals surface area contributed by atoms with Crippen molar-refractivity contribution >= 4 is 5.91 Å². The van der Waals surface area contributed by atoms with E-state index in [1.165, 1.54) is 0 Å². The van der Waals surface area contributed by atoms with Crippen molar-refractivity contribution in [3.63, 3.8) is 0 Å². The van der Waals surface area contributed by atoms with E-state index in [-0.39, 0.29) is 18.0 Å². The zero-order chi connectivity index (χ0) is 11.1. The van der Waals surface area contributed by atoms with Crippen LogP contribution in [0.3, 0.4) is 0 Å². The monoisotopic (exact) mass is 214 g/mol. The predicted molar refractivity (Wildman–Crippen MR) is 59.7 cm³/mol. The molecule has 0 radical (unpaired) electrons. The molecule has 0 bridgehead atoms. The molecule has 2 N–H and O–H groups in total. The van der Waals surface area contributed by atoms with Crippen LogP contribution in [0.2, 0.25) is 0 Å². The highest BCUT2D eigenvalue weighted by molar-refractivity contribution is 5.76. The average molecular weight is 214 g/mol. The van der Waals surface area contributed by atoms with Gasteiger partial charge in [-0.3, -0.25) is 4.79 Å². The van der Waals surface area contributed by atoms with E-state index in [4.69, 9.17) is 4.74 Å². The Hall–Kier alpha value is -0.610. The Morgan fingerprint density at radius 1 is 1.60 bits per heavy atom. The number of amides is 1. The lowest BCUT2D eigenvalue weighted by molar-refractivity contribution is -0.123. The van der Waals surface area contributed by atoms with E-state index in [0.29, 0.717) is 13.0 Å². The zero-order valence-electron chi connectivity index (χ0n) is 9.71. The molecule has 1 heterocycles. The first-order valence-corrected chi connectivity index (χ1v) is 5.83. The summed E-state index contributed by atoms with van der Waals surface area (Å²) in [4.78, 5) is 11.6. The standard InChI is InChI=1S/C11H22N2O2/c1-3-12-9(2)7-11(14)13-10-5-4-6-15-8-10/h9-10,12H,3-8H2,1-2H3,(H,13,14). The maximum atomic E-state index is 11.6. The van der Waals surface area contributed by atoms with E-state index in [1.807, 2.05) is 13.8 Å². The maximum Gasteiger partial charge on any atom is 0.221 e. The molecule has 88 valence electrons. The molecule has 2 unspecified atom stereocenters. The van der Waals surface area contributed by atoms with Crippen LogP contribution in [0.15, 0.2) is 0 Å². The lowest BCUT2D eigenvalue weighted by Crippen LogP contribution is -2.42. The molecule has 4 nitrogen and oxygen atoms in total. The second kappa shape index (κ2) is 6.80. The molecule has 0 aromatic rings. The second-order valence-corrected chi connectivity index (χ2v) is 4.14. The molecule has 0 aromatic heterocycles. The number of carbonyl (C=O) groups excluding carboxylic acids is 1. The molecule has 4 heteroatoms. The van der Waals surface area contributed by atoms with Crippen molar-refractivity contribution in [1.82, 2.24) is 10.6 Å². The third-order valence-corrected chi connectivity index (χ3v) is 2.57. The SMILES string of the molecule is CCNC(C)CC(=O)NC1CCCOC1. The summed E-state index contributed by atoms with van der Waals surface area (Å²) in [5, 5.41) is 6.23. The van der Waals surface area contributed by atoms with Gasteiger partial charge in [0.1, 0.15) is 0 Å². The third kappa shape index (κ3) is 5.14. The van der Waals surface area contributed by atoms with Gasteiger partial charge in [0.2, 0.25) is 5.91 Å². The molecular weight excluding hydrogens is 192 g/mol. The average Bonchev–Trinajstić information content (AvgIpc) is 2.19. The summed E-state index contributed by atoms with van der Waals surface area (Å²) in [5.41, 5.74) is 0. The summed E-state index contributed by atoms with van der Waals surface area (Å²) in [6.07, 6.45) is 2.64. The molecule has 1 fully saturated rings. The van der Waals surface area contributed by atoms with E-state index in [1.54, 1.807) is 0 Å². The summed E-state index contributed by atoms with van der Waals surface area (Å²) in [6, 6.07) is 0.472. The molecule has 15 heavy (non-hydrogen) atoms. The van der Waals surface area contributed by atoms with Gasteiger partial charge >= 0.3 is 0 Å². The van der Waals surface area contributed by atoms with E-state index >= 15 is 0 Å². The van der Waals surface area contributed by atoms with Gasteiger partial charge in [0.05, 0.1) is 12.6 Å². The third-order valence-electron chi connectivity index (χ3n) is 2.57. The maximum absolute atomic E-state index is 11.6. The number of ether oxygens (including phenoxy) is 1. The second-order valence-electron chi connectivity index (χ2n) is 4.14. The van der Waals surface area contributed by atoms with Gasteiger partial charge in [-0.15, -0.1) is 0 Å². The van der Waals surface area contributed by atoms with Gasteiger partial charge < -0.3 is 15.4 Å². The fourth-order valence-corrected chi connectivity index (χ4v) is 1.84. The van der Waals surface area contributed by atoms with Crippen LogP contribution in [-0.2, 0) is 9.53 Å². The van der Waals surface area contributed by atoms with Crippen molar-refractivity contribution in [2.24, 2.45) is 0 Å². The molecular formula is C11H22N2O2. The molecule has 1 aliphatic heterocycles. The predicted octanol–water partition coefficient (Wildman–Crippen LogP) is 0.670. The normalized spacial score (nSPS) is 23.5. The quantitative estimate of drug-likeness (QED) is 0.707. The molecule has 1 amide bonds. The summed E-state index contributed by atoms with van der Waals surface area (Å²) in [7, 11) is 0. The van der Waals surface area contributed by atoms with Gasteiger partial charge in [-0.05, 0) is 26.3 Å². The molecule has 0 spiro atoms. The lowest BCUT2D eigenvalue weighted by Gasteiger charge is -2.23. The Bertz CT molecular complexity index is 191. The number of rotatable bonds is 5. The van der Waals surface area contributed by atoms with Crippen LogP contribution in [0, 0.1) is 0 Å². The van der Waals surface area contributed by atoms with Crippen molar-refractivity contribution in [3.8, 4) is 0 Å². The van der Waals surface area contributed by atoms with Crippen molar-refractivity contribution < 1.29 is 9.53 Å². The summed E-state index contributed by atoms with van der Waals surface area (Å²) in [6.45, 7) is 6.48. The minimum absolute atomic E-state index is 0.124. The molecule has 0 aromatic carbocycles. The summed E-state index contributed by atoms with van der Waals surface area (Å²) in [5.74, 6) is 0.124. The van der Waals surface area contributed by atoms with Gasteiger partial charge in [-0.1, -0.05) is 6.92 Å². The minimum Gasteiger partial charge on any atom is -0.379 e. The molecule has 2 atom stereocenters. The Labute approximate surface area is 91.8 Å². The van der Waals surface area contributed by atoms with E-state index < -0.39 is 0 Å². The van der Waals surface area contributed by atoms with Crippen molar-refractivity contribution in [2.75, 3.05) is 19.8 Å². The largest absolute Gasteiger partial charge is 0.379 e. The highest BCUT2D eigenvalue weighted by Crippen LogP contribution is 2.06. The van der Waals surface area contributed by atoms with Gasteiger partial charge in [-0.25, -0.2) is 0 Å². The Morgan fingerprint density at radius 3 is 3.00 bits per heavy atom. The van der Waals surface area contributed by atoms with Gasteiger partial charge in [-0.2, -0.15) is 0 Å². The molecule has 0 saturated carbocycles. The number of hydrogen-bond donors (Lipinski definition) is 2. The molecule has 1 rings (SSSR count). The van der Waals surface area contributed by atoms with Crippen LogP contribution in [0.25, 0.3) is 0 Å². The van der Waals surface area contributed by atoms with Crippen LogP contribution in [-0.4, -0.2) is 37.7 Å². The fourth-order valence-electron chi connectivity index (χ4n) is 1.84.